The van der Waals surface area contributed by atoms with Crippen molar-refractivity contribution in [1.29, 1.82) is 0 Å². The number of hydrogen-bond acceptors (Lipinski definition) is 4. The molecule has 0 spiro atoms. The van der Waals surface area contributed by atoms with Gasteiger partial charge in [-0.3, -0.25) is 4.98 Å². The van der Waals surface area contributed by atoms with Crippen LogP contribution in [0.4, 0.5) is 10.2 Å². The van der Waals surface area contributed by atoms with E-state index < -0.39 is 11.5 Å². The standard InChI is InChI=1S/C8H10FN3O2/c9-6-5-10-8(13)11-7(6)12-1-3-14-4-2-12/h5H,1-4H2,(H,10,11,13). The molecule has 1 saturated heterocycles. The lowest BCUT2D eigenvalue weighted by Gasteiger charge is -2.28. The molecular weight excluding hydrogens is 189 g/mol. The van der Waals surface area contributed by atoms with Crippen molar-refractivity contribution in [3.05, 3.63) is 22.5 Å². The first-order valence-electron chi connectivity index (χ1n) is 4.35. The van der Waals surface area contributed by atoms with Crippen molar-refractivity contribution in [2.24, 2.45) is 0 Å². The van der Waals surface area contributed by atoms with Gasteiger partial charge in [-0.1, -0.05) is 0 Å². The third-order valence-corrected chi connectivity index (χ3v) is 2.07. The van der Waals surface area contributed by atoms with Gasteiger partial charge in [-0.25, -0.2) is 9.18 Å². The predicted octanol–water partition coefficient (Wildman–Crippen LogP) is -0.254. The molecule has 2 heterocycles. The number of hydrogen-bond donors (Lipinski definition) is 1. The van der Waals surface area contributed by atoms with Crippen molar-refractivity contribution in [3.63, 3.8) is 0 Å². The minimum atomic E-state index is -0.534. The summed E-state index contributed by atoms with van der Waals surface area (Å²) < 4.78 is 18.4. The fraction of sp³-hybridized carbons (Fsp3) is 0.500. The number of nitrogens with one attached hydrogen (secondary N) is 1. The first kappa shape index (κ1) is 9.14. The van der Waals surface area contributed by atoms with Crippen molar-refractivity contribution in [1.82, 2.24) is 9.97 Å². The van der Waals surface area contributed by atoms with Gasteiger partial charge >= 0.3 is 5.69 Å². The van der Waals surface area contributed by atoms with Gasteiger partial charge in [0.25, 0.3) is 0 Å². The molecule has 0 atom stereocenters. The molecule has 1 aliphatic heterocycles. The minimum absolute atomic E-state index is 0.202. The zero-order valence-corrected chi connectivity index (χ0v) is 7.49. The molecule has 2 rings (SSSR count). The van der Waals surface area contributed by atoms with E-state index in [1.165, 1.54) is 0 Å². The first-order valence-corrected chi connectivity index (χ1v) is 4.35. The largest absolute Gasteiger partial charge is 0.378 e. The third-order valence-electron chi connectivity index (χ3n) is 2.07. The van der Waals surface area contributed by atoms with Crippen molar-refractivity contribution >= 4 is 5.82 Å². The van der Waals surface area contributed by atoms with E-state index in [4.69, 9.17) is 4.74 Å². The lowest BCUT2D eigenvalue weighted by Crippen LogP contribution is -2.38. The van der Waals surface area contributed by atoms with Crippen LogP contribution in [-0.4, -0.2) is 36.3 Å². The molecule has 14 heavy (non-hydrogen) atoms. The summed E-state index contributed by atoms with van der Waals surface area (Å²) >= 11 is 0. The van der Waals surface area contributed by atoms with Gasteiger partial charge < -0.3 is 9.64 Å². The van der Waals surface area contributed by atoms with Gasteiger partial charge in [-0.15, -0.1) is 0 Å². The monoisotopic (exact) mass is 199 g/mol. The fourth-order valence-corrected chi connectivity index (χ4v) is 1.39. The molecule has 1 fully saturated rings. The zero-order chi connectivity index (χ0) is 9.97. The van der Waals surface area contributed by atoms with Crippen LogP contribution in [0.2, 0.25) is 0 Å². The number of H-pyrrole nitrogens is 1. The summed E-state index contributed by atoms with van der Waals surface area (Å²) in [5, 5.41) is 0. The number of nitrogens with zero attached hydrogens (tertiary/aromatic N) is 2. The number of anilines is 1. The summed E-state index contributed by atoms with van der Waals surface area (Å²) in [4.78, 5) is 18.3. The summed E-state index contributed by atoms with van der Waals surface area (Å²) in [6.07, 6.45) is 0.934. The Labute approximate surface area is 79.5 Å². The molecule has 1 aliphatic rings. The van der Waals surface area contributed by atoms with Crippen LogP contribution < -0.4 is 10.6 Å². The second-order valence-corrected chi connectivity index (χ2v) is 2.98. The van der Waals surface area contributed by atoms with Crippen molar-refractivity contribution in [2.45, 2.75) is 0 Å². The van der Waals surface area contributed by atoms with E-state index in [9.17, 15) is 9.18 Å². The molecule has 0 radical (unpaired) electrons. The zero-order valence-electron chi connectivity index (χ0n) is 7.49. The van der Waals surface area contributed by atoms with Crippen LogP contribution >= 0.6 is 0 Å². The fourth-order valence-electron chi connectivity index (χ4n) is 1.39. The van der Waals surface area contributed by atoms with Gasteiger partial charge in [0.2, 0.25) is 0 Å². The smallest absolute Gasteiger partial charge is 0.346 e. The van der Waals surface area contributed by atoms with Gasteiger partial charge in [0.05, 0.1) is 19.4 Å². The van der Waals surface area contributed by atoms with Gasteiger partial charge in [-0.05, 0) is 0 Å². The van der Waals surface area contributed by atoms with Crippen LogP contribution in [0.3, 0.4) is 0 Å². The Bertz CT molecular complexity index is 373. The van der Waals surface area contributed by atoms with E-state index >= 15 is 0 Å². The average Bonchev–Trinajstić information content (AvgIpc) is 2.23. The van der Waals surface area contributed by atoms with Crippen LogP contribution in [0.5, 0.6) is 0 Å². The Hall–Kier alpha value is -1.43. The van der Waals surface area contributed by atoms with Gasteiger partial charge in [-0.2, -0.15) is 4.98 Å². The van der Waals surface area contributed by atoms with Crippen LogP contribution in [0, 0.1) is 5.82 Å². The highest BCUT2D eigenvalue weighted by Gasteiger charge is 2.15. The number of rotatable bonds is 1. The highest BCUT2D eigenvalue weighted by Crippen LogP contribution is 2.13. The van der Waals surface area contributed by atoms with E-state index in [-0.39, 0.29) is 5.82 Å². The van der Waals surface area contributed by atoms with Crippen molar-refractivity contribution in [2.75, 3.05) is 31.2 Å². The quantitative estimate of drug-likeness (QED) is 0.677. The van der Waals surface area contributed by atoms with Crippen molar-refractivity contribution < 1.29 is 9.13 Å². The lowest BCUT2D eigenvalue weighted by molar-refractivity contribution is 0.122. The summed E-state index contributed by atoms with van der Waals surface area (Å²) in [5.74, 6) is -0.306. The van der Waals surface area contributed by atoms with Crippen LogP contribution in [0.15, 0.2) is 11.0 Å². The van der Waals surface area contributed by atoms with Crippen LogP contribution in [0.25, 0.3) is 0 Å². The molecule has 1 aromatic rings. The normalized spacial score (nSPS) is 17.1. The molecule has 5 nitrogen and oxygen atoms in total. The molecule has 1 aromatic heterocycles. The molecular formula is C8H10FN3O2. The molecule has 0 bridgehead atoms. The molecule has 0 saturated carbocycles. The Morgan fingerprint density at radius 3 is 2.93 bits per heavy atom. The van der Waals surface area contributed by atoms with E-state index in [0.717, 1.165) is 6.20 Å². The summed E-state index contributed by atoms with van der Waals surface area (Å²) in [6.45, 7) is 2.25. The van der Waals surface area contributed by atoms with Gasteiger partial charge in [0, 0.05) is 13.1 Å². The summed E-state index contributed by atoms with van der Waals surface area (Å²) in [6, 6.07) is 0. The molecule has 0 amide bonds. The second-order valence-electron chi connectivity index (χ2n) is 2.98. The SMILES string of the molecule is O=c1ncc(F)c(N2CCOCC2)[nH]1. The first-order chi connectivity index (χ1) is 6.77. The average molecular weight is 199 g/mol. The molecule has 0 aromatic carbocycles. The van der Waals surface area contributed by atoms with Gasteiger partial charge in [0.15, 0.2) is 5.82 Å². The lowest BCUT2D eigenvalue weighted by atomic mass is 10.4. The maximum Gasteiger partial charge on any atom is 0.346 e. The topological polar surface area (TPSA) is 58.2 Å². The molecule has 6 heteroatoms. The number of halogens is 1. The maximum atomic E-state index is 13.2. The third kappa shape index (κ3) is 1.74. The van der Waals surface area contributed by atoms with E-state index in [1.807, 2.05) is 0 Å². The van der Waals surface area contributed by atoms with Gasteiger partial charge in [0.1, 0.15) is 5.82 Å². The molecule has 0 unspecified atom stereocenters. The number of morpholine rings is 1. The number of ether oxygens (including phenoxy) is 1. The summed E-state index contributed by atoms with van der Waals surface area (Å²) in [5.41, 5.74) is -0.534. The van der Waals surface area contributed by atoms with Crippen molar-refractivity contribution in [3.8, 4) is 0 Å². The van der Waals surface area contributed by atoms with E-state index in [1.54, 1.807) is 4.90 Å². The highest BCUT2D eigenvalue weighted by atomic mass is 19.1. The Morgan fingerprint density at radius 1 is 1.50 bits per heavy atom. The van der Waals surface area contributed by atoms with Crippen LogP contribution in [0.1, 0.15) is 0 Å². The second kappa shape index (κ2) is 3.75. The highest BCUT2D eigenvalue weighted by molar-refractivity contribution is 5.38. The maximum absolute atomic E-state index is 13.2. The minimum Gasteiger partial charge on any atom is -0.378 e. The predicted molar refractivity (Wildman–Crippen MR) is 47.8 cm³/mol. The summed E-state index contributed by atoms with van der Waals surface area (Å²) in [7, 11) is 0. The van der Waals surface area contributed by atoms with E-state index in [0.29, 0.717) is 26.3 Å². The molecule has 0 aliphatic carbocycles. The number of aromatic amines is 1. The Kier molecular flexibility index (Phi) is 2.45. The Morgan fingerprint density at radius 2 is 2.21 bits per heavy atom. The van der Waals surface area contributed by atoms with Crippen LogP contribution in [-0.2, 0) is 4.74 Å². The van der Waals surface area contributed by atoms with E-state index in [2.05, 4.69) is 9.97 Å². The molecule has 76 valence electrons. The molecule has 1 N–H and O–H groups in total. The Balaban J connectivity index is 2.29. The number of aromatic nitrogens is 2.